The fourth-order valence-electron chi connectivity index (χ4n) is 3.31. The van der Waals surface area contributed by atoms with Crippen molar-refractivity contribution in [2.75, 3.05) is 18.1 Å². The Bertz CT molecular complexity index is 956. The predicted octanol–water partition coefficient (Wildman–Crippen LogP) is 2.37. The number of carbonyl (C=O) groups excluding carboxylic acids is 2. The maximum absolute atomic E-state index is 12.8. The second kappa shape index (κ2) is 8.56. The number of aryl methyl sites for hydroxylation is 1. The van der Waals surface area contributed by atoms with Crippen LogP contribution in [0.25, 0.3) is 0 Å². The number of hydrogen-bond acceptors (Lipinski definition) is 5. The minimum absolute atomic E-state index is 0.0582. The molecule has 6 nitrogen and oxygen atoms in total. The minimum atomic E-state index is -3.15. The van der Waals surface area contributed by atoms with Crippen molar-refractivity contribution in [3.05, 3.63) is 71.3 Å². The summed E-state index contributed by atoms with van der Waals surface area (Å²) < 4.78 is 29.0. The Hall–Kier alpha value is -2.67. The van der Waals surface area contributed by atoms with Crippen LogP contribution < -0.4 is 0 Å². The number of rotatable bonds is 6. The van der Waals surface area contributed by atoms with Gasteiger partial charge in [0.15, 0.2) is 16.4 Å². The van der Waals surface area contributed by atoms with Crippen LogP contribution in [0, 0.1) is 6.92 Å². The lowest BCUT2D eigenvalue weighted by atomic mass is 10.1. The number of ether oxygens (including phenoxy) is 1. The van der Waals surface area contributed by atoms with Crippen molar-refractivity contribution in [3.63, 3.8) is 0 Å². The number of nitrogens with zero attached hydrogens (tertiary/aromatic N) is 1. The molecular weight excluding hydrogens is 378 g/mol. The van der Waals surface area contributed by atoms with Gasteiger partial charge in [-0.05, 0) is 30.5 Å². The van der Waals surface area contributed by atoms with Crippen molar-refractivity contribution in [2.24, 2.45) is 0 Å². The van der Waals surface area contributed by atoms with Gasteiger partial charge in [0, 0.05) is 12.6 Å². The van der Waals surface area contributed by atoms with E-state index in [1.807, 2.05) is 36.4 Å². The normalized spacial score (nSPS) is 17.8. The molecule has 3 rings (SSSR count). The van der Waals surface area contributed by atoms with Crippen LogP contribution in [-0.2, 0) is 25.9 Å². The molecule has 0 spiro atoms. The van der Waals surface area contributed by atoms with Crippen molar-refractivity contribution >= 4 is 21.7 Å². The first-order chi connectivity index (χ1) is 13.4. The fourth-order valence-corrected chi connectivity index (χ4v) is 5.04. The van der Waals surface area contributed by atoms with Crippen LogP contribution in [0.1, 0.15) is 27.9 Å². The molecule has 0 aromatic heterocycles. The maximum Gasteiger partial charge on any atom is 0.338 e. The summed E-state index contributed by atoms with van der Waals surface area (Å²) >= 11 is 0. The Kier molecular flexibility index (Phi) is 6.14. The molecule has 0 N–H and O–H groups in total. The first kappa shape index (κ1) is 20.1. The lowest BCUT2D eigenvalue weighted by molar-refractivity contribution is -0.137. The first-order valence-electron chi connectivity index (χ1n) is 9.12. The number of sulfone groups is 1. The zero-order chi connectivity index (χ0) is 20.1. The zero-order valence-electron chi connectivity index (χ0n) is 15.7. The van der Waals surface area contributed by atoms with Crippen molar-refractivity contribution in [1.82, 2.24) is 4.90 Å². The van der Waals surface area contributed by atoms with Gasteiger partial charge in [0.05, 0.1) is 17.1 Å². The SMILES string of the molecule is Cc1ccccc1C(=O)OCC(=O)N(Cc1ccccc1)[C@@H]1CCS(=O)(=O)C1. The third-order valence-corrected chi connectivity index (χ3v) is 6.61. The Balaban J connectivity index is 1.71. The molecule has 2 aromatic carbocycles. The number of hydrogen-bond donors (Lipinski definition) is 0. The Morgan fingerprint density at radius 1 is 1.07 bits per heavy atom. The van der Waals surface area contributed by atoms with E-state index in [9.17, 15) is 18.0 Å². The number of amides is 1. The number of benzene rings is 2. The highest BCUT2D eigenvalue weighted by atomic mass is 32.2. The number of carbonyl (C=O) groups is 2. The third-order valence-electron chi connectivity index (χ3n) is 4.86. The van der Waals surface area contributed by atoms with Crippen LogP contribution in [0.2, 0.25) is 0 Å². The maximum atomic E-state index is 12.8. The average Bonchev–Trinajstić information content (AvgIpc) is 3.04. The number of esters is 1. The molecule has 148 valence electrons. The Morgan fingerprint density at radius 2 is 1.75 bits per heavy atom. The standard InChI is InChI=1S/C21H23NO5S/c1-16-7-5-6-10-19(16)21(24)27-14-20(23)22(13-17-8-3-2-4-9-17)18-11-12-28(25,26)15-18/h2-10,18H,11-15H2,1H3/t18-/m1/s1. The van der Waals surface area contributed by atoms with Gasteiger partial charge in [0.25, 0.3) is 5.91 Å². The molecule has 2 aromatic rings. The fraction of sp³-hybridized carbons (Fsp3) is 0.333. The van der Waals surface area contributed by atoms with E-state index in [0.717, 1.165) is 11.1 Å². The van der Waals surface area contributed by atoms with Gasteiger partial charge < -0.3 is 9.64 Å². The highest BCUT2D eigenvalue weighted by Crippen LogP contribution is 2.20. The summed E-state index contributed by atoms with van der Waals surface area (Å²) in [5, 5.41) is 0. The van der Waals surface area contributed by atoms with Gasteiger partial charge in [0.1, 0.15) is 0 Å². The van der Waals surface area contributed by atoms with Crippen LogP contribution in [0.3, 0.4) is 0 Å². The van der Waals surface area contributed by atoms with Gasteiger partial charge >= 0.3 is 5.97 Å². The van der Waals surface area contributed by atoms with Crippen LogP contribution >= 0.6 is 0 Å². The van der Waals surface area contributed by atoms with E-state index in [4.69, 9.17) is 4.74 Å². The van der Waals surface area contributed by atoms with Gasteiger partial charge in [-0.3, -0.25) is 4.79 Å². The average molecular weight is 401 g/mol. The van der Waals surface area contributed by atoms with E-state index < -0.39 is 34.4 Å². The zero-order valence-corrected chi connectivity index (χ0v) is 16.5. The van der Waals surface area contributed by atoms with Crippen LogP contribution in [0.4, 0.5) is 0 Å². The lowest BCUT2D eigenvalue weighted by Crippen LogP contribution is -2.42. The molecule has 1 aliphatic rings. The highest BCUT2D eigenvalue weighted by molar-refractivity contribution is 7.91. The largest absolute Gasteiger partial charge is 0.452 e. The molecule has 0 unspecified atom stereocenters. The summed E-state index contributed by atoms with van der Waals surface area (Å²) in [6.45, 7) is 1.65. The van der Waals surface area contributed by atoms with E-state index in [1.54, 1.807) is 25.1 Å². The van der Waals surface area contributed by atoms with Crippen LogP contribution in [0.15, 0.2) is 54.6 Å². The van der Waals surface area contributed by atoms with Gasteiger partial charge in [-0.15, -0.1) is 0 Å². The van der Waals surface area contributed by atoms with E-state index in [1.165, 1.54) is 4.90 Å². The molecule has 1 atom stereocenters. The molecule has 1 saturated heterocycles. The van der Waals surface area contributed by atoms with E-state index in [2.05, 4.69) is 0 Å². The van der Waals surface area contributed by atoms with Crippen molar-refractivity contribution in [3.8, 4) is 0 Å². The topological polar surface area (TPSA) is 80.8 Å². The summed E-state index contributed by atoms with van der Waals surface area (Å²) in [7, 11) is -3.15. The predicted molar refractivity (Wildman–Crippen MR) is 106 cm³/mol. The lowest BCUT2D eigenvalue weighted by Gasteiger charge is -2.28. The molecule has 1 fully saturated rings. The molecule has 0 saturated carbocycles. The van der Waals surface area contributed by atoms with Gasteiger partial charge in [0.2, 0.25) is 0 Å². The summed E-state index contributed by atoms with van der Waals surface area (Å²) in [6, 6.07) is 15.9. The van der Waals surface area contributed by atoms with E-state index in [0.29, 0.717) is 12.0 Å². The minimum Gasteiger partial charge on any atom is -0.452 e. The molecule has 7 heteroatoms. The molecule has 0 aliphatic carbocycles. The molecule has 0 radical (unpaired) electrons. The van der Waals surface area contributed by atoms with Gasteiger partial charge in [-0.25, -0.2) is 13.2 Å². The molecular formula is C21H23NO5S. The van der Waals surface area contributed by atoms with Gasteiger partial charge in [-0.1, -0.05) is 48.5 Å². The second-order valence-electron chi connectivity index (χ2n) is 6.96. The molecule has 28 heavy (non-hydrogen) atoms. The molecule has 0 bridgehead atoms. The summed E-state index contributed by atoms with van der Waals surface area (Å²) in [5.74, 6) is -0.950. The summed E-state index contributed by atoms with van der Waals surface area (Å²) in [6.07, 6.45) is 0.395. The quantitative estimate of drug-likeness (QED) is 0.694. The molecule has 1 heterocycles. The van der Waals surface area contributed by atoms with E-state index >= 15 is 0 Å². The monoisotopic (exact) mass is 401 g/mol. The summed E-state index contributed by atoms with van der Waals surface area (Å²) in [5.41, 5.74) is 2.07. The van der Waals surface area contributed by atoms with E-state index in [-0.39, 0.29) is 18.1 Å². The summed E-state index contributed by atoms with van der Waals surface area (Å²) in [4.78, 5) is 26.6. The third kappa shape index (κ3) is 4.98. The van der Waals surface area contributed by atoms with Crippen molar-refractivity contribution in [2.45, 2.75) is 25.9 Å². The Morgan fingerprint density at radius 3 is 2.39 bits per heavy atom. The first-order valence-corrected chi connectivity index (χ1v) is 10.9. The van der Waals surface area contributed by atoms with Crippen LogP contribution in [-0.4, -0.2) is 49.3 Å². The molecule has 1 aliphatic heterocycles. The highest BCUT2D eigenvalue weighted by Gasteiger charge is 2.35. The van der Waals surface area contributed by atoms with Gasteiger partial charge in [-0.2, -0.15) is 0 Å². The Labute approximate surface area is 165 Å². The smallest absolute Gasteiger partial charge is 0.338 e. The van der Waals surface area contributed by atoms with Crippen LogP contribution in [0.5, 0.6) is 0 Å². The second-order valence-corrected chi connectivity index (χ2v) is 9.18. The van der Waals surface area contributed by atoms with Crippen molar-refractivity contribution in [1.29, 1.82) is 0 Å². The van der Waals surface area contributed by atoms with Crippen molar-refractivity contribution < 1.29 is 22.7 Å². The molecule has 1 amide bonds.